The first-order valence-electron chi connectivity index (χ1n) is 5.92. The Morgan fingerprint density at radius 3 is 2.70 bits per heavy atom. The minimum Gasteiger partial charge on any atom is -0.493 e. The molecule has 0 saturated heterocycles. The topological polar surface area (TPSA) is 63.3 Å². The predicted molar refractivity (Wildman–Crippen MR) is 80.0 cm³/mol. The summed E-state index contributed by atoms with van der Waals surface area (Å²) in [6, 6.07) is 3.70. The molecule has 0 aliphatic carbocycles. The molecule has 0 radical (unpaired) electrons. The van der Waals surface area contributed by atoms with Crippen LogP contribution >= 0.6 is 22.9 Å². The van der Waals surface area contributed by atoms with Crippen LogP contribution in [0.2, 0.25) is 5.02 Å². The van der Waals surface area contributed by atoms with E-state index in [0.717, 1.165) is 22.6 Å². The molecule has 0 saturated carbocycles. The molecule has 2 aromatic rings. The summed E-state index contributed by atoms with van der Waals surface area (Å²) < 4.78 is 10.4. The highest BCUT2D eigenvalue weighted by atomic mass is 35.5. The molecule has 2 rings (SSSR count). The highest BCUT2D eigenvalue weighted by Gasteiger charge is 2.12. The maximum absolute atomic E-state index is 11.0. The van der Waals surface area contributed by atoms with E-state index in [1.54, 1.807) is 19.6 Å². The van der Waals surface area contributed by atoms with Crippen molar-refractivity contribution in [1.82, 2.24) is 10.3 Å². The van der Waals surface area contributed by atoms with Gasteiger partial charge in [0.15, 0.2) is 11.5 Å². The van der Waals surface area contributed by atoms with Crippen LogP contribution in [0.3, 0.4) is 0 Å². The van der Waals surface area contributed by atoms with Crippen LogP contribution in [0.1, 0.15) is 11.3 Å². The molecule has 0 aliphatic heterocycles. The second kappa shape index (κ2) is 6.78. The van der Waals surface area contributed by atoms with E-state index in [0.29, 0.717) is 29.6 Å². The molecule has 1 aromatic heterocycles. The fraction of sp³-hybridized carbons (Fsp3) is 0.308. The number of methoxy groups -OCH3 is 2. The molecule has 108 valence electrons. The summed E-state index contributed by atoms with van der Waals surface area (Å²) >= 11 is 7.43. The Hall–Kier alpha value is -1.50. The summed E-state index contributed by atoms with van der Waals surface area (Å²) in [6.07, 6.45) is 0. The first-order chi connectivity index (χ1) is 9.65. The number of benzene rings is 1. The predicted octanol–water partition coefficient (Wildman–Crippen LogP) is 2.40. The second-order valence-corrected chi connectivity index (χ2v) is 5.27. The zero-order valence-corrected chi connectivity index (χ0v) is 12.7. The third-order valence-corrected chi connectivity index (χ3v) is 3.90. The Kier molecular flexibility index (Phi) is 5.05. The van der Waals surface area contributed by atoms with E-state index < -0.39 is 0 Å². The highest BCUT2D eigenvalue weighted by molar-refractivity contribution is 7.07. The van der Waals surface area contributed by atoms with Crippen LogP contribution < -0.4 is 19.7 Å². The molecular formula is C13H15ClN2O3S. The Labute approximate surface area is 125 Å². The van der Waals surface area contributed by atoms with Gasteiger partial charge in [0.2, 0.25) is 0 Å². The van der Waals surface area contributed by atoms with Gasteiger partial charge in [0, 0.05) is 24.2 Å². The van der Waals surface area contributed by atoms with Gasteiger partial charge >= 0.3 is 4.87 Å². The quantitative estimate of drug-likeness (QED) is 0.859. The van der Waals surface area contributed by atoms with Gasteiger partial charge in [-0.3, -0.25) is 4.79 Å². The maximum Gasteiger partial charge on any atom is 0.304 e. The van der Waals surface area contributed by atoms with Gasteiger partial charge in [0.25, 0.3) is 0 Å². The first kappa shape index (κ1) is 14.9. The smallest absolute Gasteiger partial charge is 0.304 e. The van der Waals surface area contributed by atoms with Crippen LogP contribution in [-0.2, 0) is 13.1 Å². The number of halogens is 1. The van der Waals surface area contributed by atoms with Gasteiger partial charge < -0.3 is 19.8 Å². The third kappa shape index (κ3) is 3.33. The van der Waals surface area contributed by atoms with Crippen molar-refractivity contribution in [2.45, 2.75) is 13.1 Å². The van der Waals surface area contributed by atoms with Crippen LogP contribution in [0.4, 0.5) is 0 Å². The molecule has 7 heteroatoms. The van der Waals surface area contributed by atoms with Gasteiger partial charge in [0.1, 0.15) is 0 Å². The number of hydrogen-bond acceptors (Lipinski definition) is 5. The Morgan fingerprint density at radius 1 is 1.30 bits per heavy atom. The molecular weight excluding hydrogens is 300 g/mol. The largest absolute Gasteiger partial charge is 0.493 e. The number of H-pyrrole nitrogens is 1. The van der Waals surface area contributed by atoms with Crippen molar-refractivity contribution in [3.63, 3.8) is 0 Å². The SMILES string of the molecule is COc1ccc(CNCc2csc(=O)[nH]2)c(Cl)c1OC. The monoisotopic (exact) mass is 314 g/mol. The summed E-state index contributed by atoms with van der Waals surface area (Å²) in [5.74, 6) is 1.13. The lowest BCUT2D eigenvalue weighted by molar-refractivity contribution is 0.354. The van der Waals surface area contributed by atoms with Crippen molar-refractivity contribution in [1.29, 1.82) is 0 Å². The molecule has 1 aromatic carbocycles. The number of thiazole rings is 1. The molecule has 1 heterocycles. The third-order valence-electron chi connectivity index (χ3n) is 2.77. The average Bonchev–Trinajstić information content (AvgIpc) is 2.86. The zero-order valence-electron chi connectivity index (χ0n) is 11.2. The number of hydrogen-bond donors (Lipinski definition) is 2. The van der Waals surface area contributed by atoms with Gasteiger partial charge in [-0.25, -0.2) is 0 Å². The molecule has 0 fully saturated rings. The average molecular weight is 315 g/mol. The first-order valence-corrected chi connectivity index (χ1v) is 7.18. The molecule has 0 aliphatic rings. The Balaban J connectivity index is 2.04. The minimum atomic E-state index is -0.0500. The number of ether oxygens (including phenoxy) is 2. The Morgan fingerprint density at radius 2 is 2.10 bits per heavy atom. The molecule has 0 atom stereocenters. The summed E-state index contributed by atoms with van der Waals surface area (Å²) in [5.41, 5.74) is 1.76. The normalized spacial score (nSPS) is 10.6. The minimum absolute atomic E-state index is 0.0500. The molecule has 0 unspecified atom stereocenters. The standard InChI is InChI=1S/C13H15ClN2O3S/c1-18-10-4-3-8(11(14)12(10)19-2)5-15-6-9-7-20-13(17)16-9/h3-4,7,15H,5-6H2,1-2H3,(H,16,17). The maximum atomic E-state index is 11.0. The van der Waals surface area contributed by atoms with Crippen molar-refractivity contribution in [3.05, 3.63) is 43.5 Å². The summed E-state index contributed by atoms with van der Waals surface area (Å²) in [6.45, 7) is 1.14. The highest BCUT2D eigenvalue weighted by Crippen LogP contribution is 2.37. The van der Waals surface area contributed by atoms with E-state index in [4.69, 9.17) is 21.1 Å². The van der Waals surface area contributed by atoms with E-state index in [-0.39, 0.29) is 4.87 Å². The van der Waals surface area contributed by atoms with Crippen molar-refractivity contribution in [2.75, 3.05) is 14.2 Å². The zero-order chi connectivity index (χ0) is 14.5. The van der Waals surface area contributed by atoms with E-state index >= 15 is 0 Å². The molecule has 0 spiro atoms. The second-order valence-electron chi connectivity index (χ2n) is 4.05. The molecule has 0 amide bonds. The van der Waals surface area contributed by atoms with Gasteiger partial charge in [-0.1, -0.05) is 29.0 Å². The van der Waals surface area contributed by atoms with E-state index in [1.807, 2.05) is 12.1 Å². The van der Waals surface area contributed by atoms with E-state index in [1.165, 1.54) is 0 Å². The number of rotatable bonds is 6. The number of nitrogens with one attached hydrogen (secondary N) is 2. The van der Waals surface area contributed by atoms with Gasteiger partial charge in [0.05, 0.1) is 19.2 Å². The van der Waals surface area contributed by atoms with Crippen LogP contribution in [0.15, 0.2) is 22.3 Å². The summed E-state index contributed by atoms with van der Waals surface area (Å²) in [7, 11) is 3.12. The summed E-state index contributed by atoms with van der Waals surface area (Å²) in [4.78, 5) is 13.7. The van der Waals surface area contributed by atoms with E-state index in [2.05, 4.69) is 10.3 Å². The van der Waals surface area contributed by atoms with Crippen molar-refractivity contribution in [3.8, 4) is 11.5 Å². The van der Waals surface area contributed by atoms with E-state index in [9.17, 15) is 4.79 Å². The van der Waals surface area contributed by atoms with Crippen LogP contribution in [0, 0.1) is 0 Å². The number of aromatic nitrogens is 1. The van der Waals surface area contributed by atoms with Crippen molar-refractivity contribution >= 4 is 22.9 Å². The molecule has 0 bridgehead atoms. The Bertz CT molecular complexity index is 639. The van der Waals surface area contributed by atoms with Gasteiger partial charge in [-0.2, -0.15) is 0 Å². The fourth-order valence-corrected chi connectivity index (χ4v) is 2.68. The molecule has 5 nitrogen and oxygen atoms in total. The van der Waals surface area contributed by atoms with Crippen LogP contribution in [-0.4, -0.2) is 19.2 Å². The summed E-state index contributed by atoms with van der Waals surface area (Å²) in [5, 5.41) is 5.54. The van der Waals surface area contributed by atoms with Gasteiger partial charge in [-0.15, -0.1) is 0 Å². The van der Waals surface area contributed by atoms with Crippen LogP contribution in [0.5, 0.6) is 11.5 Å². The van der Waals surface area contributed by atoms with Gasteiger partial charge in [-0.05, 0) is 11.6 Å². The van der Waals surface area contributed by atoms with Crippen molar-refractivity contribution < 1.29 is 9.47 Å². The van der Waals surface area contributed by atoms with Crippen molar-refractivity contribution in [2.24, 2.45) is 0 Å². The molecule has 2 N–H and O–H groups in total. The fourth-order valence-electron chi connectivity index (χ4n) is 1.80. The number of aromatic amines is 1. The van der Waals surface area contributed by atoms with Crippen LogP contribution in [0.25, 0.3) is 0 Å². The lowest BCUT2D eigenvalue weighted by Crippen LogP contribution is -2.14. The molecule has 20 heavy (non-hydrogen) atoms. The lowest BCUT2D eigenvalue weighted by atomic mass is 10.2. The lowest BCUT2D eigenvalue weighted by Gasteiger charge is -2.13.